The number of hydrogen-bond acceptors (Lipinski definition) is 4. The number of nitrogens with one attached hydrogen (secondary N) is 1. The zero-order valence-electron chi connectivity index (χ0n) is 10.9. The summed E-state index contributed by atoms with van der Waals surface area (Å²) in [5.41, 5.74) is -0.462. The van der Waals surface area contributed by atoms with E-state index in [2.05, 4.69) is 5.32 Å². The zero-order valence-corrected chi connectivity index (χ0v) is 11.7. The number of amides is 1. The summed E-state index contributed by atoms with van der Waals surface area (Å²) in [7, 11) is 0. The van der Waals surface area contributed by atoms with Gasteiger partial charge in [-0.15, -0.1) is 0 Å². The second-order valence-corrected chi connectivity index (χ2v) is 6.86. The van der Waals surface area contributed by atoms with Gasteiger partial charge in [0, 0.05) is 18.2 Å². The molecule has 1 fully saturated rings. The molecule has 0 saturated heterocycles. The van der Waals surface area contributed by atoms with Crippen LogP contribution in [0.4, 0.5) is 4.79 Å². The number of alkyl carbamates (subject to hydrolysis) is 1. The maximum absolute atomic E-state index is 11.5. The minimum atomic E-state index is -0.462. The van der Waals surface area contributed by atoms with E-state index >= 15 is 0 Å². The third-order valence-corrected chi connectivity index (χ3v) is 3.53. The minimum Gasteiger partial charge on any atom is -0.444 e. The molecule has 17 heavy (non-hydrogen) atoms. The molecule has 0 heterocycles. The summed E-state index contributed by atoms with van der Waals surface area (Å²) in [6.45, 7) is 7.11. The number of carbonyl (C=O) groups excluding carboxylic acids is 2. The molecule has 98 valence electrons. The Bertz CT molecular complexity index is 299. The van der Waals surface area contributed by atoms with Crippen molar-refractivity contribution in [2.45, 2.75) is 63.9 Å². The Morgan fingerprint density at radius 3 is 2.47 bits per heavy atom. The van der Waals surface area contributed by atoms with Gasteiger partial charge in [-0.25, -0.2) is 4.79 Å². The SMILES string of the molecule is CC(=O)SC1CCC(NC(=O)OC(C)(C)C)C1. The van der Waals surface area contributed by atoms with Gasteiger partial charge in [0.1, 0.15) is 5.60 Å². The van der Waals surface area contributed by atoms with Crippen LogP contribution in [0.25, 0.3) is 0 Å². The van der Waals surface area contributed by atoms with Crippen molar-refractivity contribution in [2.24, 2.45) is 0 Å². The van der Waals surface area contributed by atoms with Crippen molar-refractivity contribution in [3.05, 3.63) is 0 Å². The number of carbonyl (C=O) groups is 2. The van der Waals surface area contributed by atoms with Gasteiger partial charge in [-0.1, -0.05) is 11.8 Å². The highest BCUT2D eigenvalue weighted by Crippen LogP contribution is 2.30. The van der Waals surface area contributed by atoms with Crippen LogP contribution in [0.1, 0.15) is 47.0 Å². The Morgan fingerprint density at radius 1 is 1.29 bits per heavy atom. The molecule has 2 atom stereocenters. The topological polar surface area (TPSA) is 55.4 Å². The van der Waals surface area contributed by atoms with E-state index in [4.69, 9.17) is 4.74 Å². The van der Waals surface area contributed by atoms with Crippen LogP contribution in [0.5, 0.6) is 0 Å². The van der Waals surface area contributed by atoms with E-state index in [1.54, 1.807) is 6.92 Å². The first-order valence-electron chi connectivity index (χ1n) is 5.93. The van der Waals surface area contributed by atoms with Crippen molar-refractivity contribution in [1.82, 2.24) is 5.32 Å². The standard InChI is InChI=1S/C12H21NO3S/c1-8(14)17-10-6-5-9(7-10)13-11(15)16-12(2,3)4/h9-10H,5-7H2,1-4H3,(H,13,15). The summed E-state index contributed by atoms with van der Waals surface area (Å²) in [6, 6.07) is 0.140. The van der Waals surface area contributed by atoms with Crippen LogP contribution in [0.3, 0.4) is 0 Å². The van der Waals surface area contributed by atoms with Crippen LogP contribution in [-0.2, 0) is 9.53 Å². The first-order valence-corrected chi connectivity index (χ1v) is 6.81. The van der Waals surface area contributed by atoms with Crippen molar-refractivity contribution in [3.63, 3.8) is 0 Å². The van der Waals surface area contributed by atoms with Crippen molar-refractivity contribution in [1.29, 1.82) is 0 Å². The second kappa shape index (κ2) is 5.76. The smallest absolute Gasteiger partial charge is 0.407 e. The molecule has 1 rings (SSSR count). The van der Waals surface area contributed by atoms with Crippen molar-refractivity contribution >= 4 is 23.0 Å². The molecule has 0 aromatic rings. The van der Waals surface area contributed by atoms with Gasteiger partial charge < -0.3 is 10.1 Å². The van der Waals surface area contributed by atoms with Crippen LogP contribution < -0.4 is 5.32 Å². The molecule has 1 aliphatic carbocycles. The Morgan fingerprint density at radius 2 is 1.94 bits per heavy atom. The average Bonchev–Trinajstić information content (AvgIpc) is 2.46. The lowest BCUT2D eigenvalue weighted by atomic mass is 10.2. The summed E-state index contributed by atoms with van der Waals surface area (Å²) in [4.78, 5) is 22.5. The predicted octanol–water partition coefficient (Wildman–Crippen LogP) is 2.71. The molecule has 0 radical (unpaired) electrons. The third-order valence-electron chi connectivity index (χ3n) is 2.44. The quantitative estimate of drug-likeness (QED) is 0.828. The number of rotatable bonds is 2. The van der Waals surface area contributed by atoms with E-state index < -0.39 is 5.60 Å². The lowest BCUT2D eigenvalue weighted by Crippen LogP contribution is -2.38. The molecule has 1 N–H and O–H groups in total. The van der Waals surface area contributed by atoms with Crippen LogP contribution in [0.15, 0.2) is 0 Å². The lowest BCUT2D eigenvalue weighted by Gasteiger charge is -2.21. The van der Waals surface area contributed by atoms with Crippen LogP contribution in [0, 0.1) is 0 Å². The highest BCUT2D eigenvalue weighted by Gasteiger charge is 2.28. The van der Waals surface area contributed by atoms with E-state index in [-0.39, 0.29) is 17.3 Å². The average molecular weight is 259 g/mol. The molecule has 1 aliphatic rings. The fraction of sp³-hybridized carbons (Fsp3) is 0.833. The molecule has 0 spiro atoms. The first-order chi connectivity index (χ1) is 7.76. The maximum atomic E-state index is 11.5. The van der Waals surface area contributed by atoms with E-state index in [0.717, 1.165) is 19.3 Å². The van der Waals surface area contributed by atoms with Crippen LogP contribution in [0.2, 0.25) is 0 Å². The third kappa shape index (κ3) is 5.96. The number of ether oxygens (including phenoxy) is 1. The highest BCUT2D eigenvalue weighted by molar-refractivity contribution is 8.14. The van der Waals surface area contributed by atoms with Crippen molar-refractivity contribution in [3.8, 4) is 0 Å². The summed E-state index contributed by atoms with van der Waals surface area (Å²) in [5, 5.41) is 3.34. The fourth-order valence-corrected chi connectivity index (χ4v) is 2.94. The van der Waals surface area contributed by atoms with E-state index in [0.29, 0.717) is 5.25 Å². The van der Waals surface area contributed by atoms with Gasteiger partial charge in [-0.3, -0.25) is 4.79 Å². The molecular formula is C12H21NO3S. The molecule has 0 aliphatic heterocycles. The molecule has 0 aromatic heterocycles. The Balaban J connectivity index is 2.30. The summed E-state index contributed by atoms with van der Waals surface area (Å²) >= 11 is 1.38. The van der Waals surface area contributed by atoms with Gasteiger partial charge in [-0.05, 0) is 40.0 Å². The molecule has 0 bridgehead atoms. The predicted molar refractivity (Wildman–Crippen MR) is 69.1 cm³/mol. The van der Waals surface area contributed by atoms with Gasteiger partial charge >= 0.3 is 6.09 Å². The molecule has 4 nitrogen and oxygen atoms in total. The molecule has 2 unspecified atom stereocenters. The summed E-state index contributed by atoms with van der Waals surface area (Å²) in [6.07, 6.45) is 2.38. The first kappa shape index (κ1) is 14.4. The molecule has 0 aromatic carbocycles. The summed E-state index contributed by atoms with van der Waals surface area (Å²) < 4.78 is 5.19. The molecular weight excluding hydrogens is 238 g/mol. The summed E-state index contributed by atoms with van der Waals surface area (Å²) in [5.74, 6) is 0. The van der Waals surface area contributed by atoms with Gasteiger partial charge in [0.05, 0.1) is 0 Å². The van der Waals surface area contributed by atoms with Crippen molar-refractivity contribution in [2.75, 3.05) is 0 Å². The van der Waals surface area contributed by atoms with Gasteiger partial charge in [0.25, 0.3) is 0 Å². The minimum absolute atomic E-state index is 0.140. The van der Waals surface area contributed by atoms with Gasteiger partial charge in [0.2, 0.25) is 0 Å². The number of thioether (sulfide) groups is 1. The maximum Gasteiger partial charge on any atom is 0.407 e. The molecule has 1 amide bonds. The lowest BCUT2D eigenvalue weighted by molar-refractivity contribution is -0.109. The Kier molecular flexibility index (Phi) is 4.86. The fourth-order valence-electron chi connectivity index (χ4n) is 1.89. The highest BCUT2D eigenvalue weighted by atomic mass is 32.2. The second-order valence-electron chi connectivity index (χ2n) is 5.39. The Hall–Kier alpha value is -0.710. The zero-order chi connectivity index (χ0) is 13.1. The monoisotopic (exact) mass is 259 g/mol. The largest absolute Gasteiger partial charge is 0.444 e. The van der Waals surface area contributed by atoms with E-state index in [1.807, 2.05) is 20.8 Å². The Labute approximate surface area is 107 Å². The van der Waals surface area contributed by atoms with Crippen LogP contribution >= 0.6 is 11.8 Å². The normalized spacial score (nSPS) is 24.5. The van der Waals surface area contributed by atoms with E-state index in [9.17, 15) is 9.59 Å². The van der Waals surface area contributed by atoms with Crippen LogP contribution in [-0.4, -0.2) is 28.1 Å². The number of hydrogen-bond donors (Lipinski definition) is 1. The molecule has 1 saturated carbocycles. The van der Waals surface area contributed by atoms with Crippen molar-refractivity contribution < 1.29 is 14.3 Å². The van der Waals surface area contributed by atoms with Gasteiger partial charge in [0.15, 0.2) is 5.12 Å². The van der Waals surface area contributed by atoms with Gasteiger partial charge in [-0.2, -0.15) is 0 Å². The molecule has 5 heteroatoms. The van der Waals surface area contributed by atoms with E-state index in [1.165, 1.54) is 11.8 Å².